The monoisotopic (exact) mass is 496 g/mol. The van der Waals surface area contributed by atoms with Crippen LogP contribution in [0.3, 0.4) is 0 Å². The van der Waals surface area contributed by atoms with E-state index in [0.29, 0.717) is 44.0 Å². The first-order chi connectivity index (χ1) is 14.9. The minimum absolute atomic E-state index is 0.134. The molecule has 1 atom stereocenters. The highest BCUT2D eigenvalue weighted by molar-refractivity contribution is 7.99. The second-order valence-corrected chi connectivity index (χ2v) is 8.56. The van der Waals surface area contributed by atoms with E-state index in [1.165, 1.54) is 11.8 Å². The van der Waals surface area contributed by atoms with Crippen molar-refractivity contribution in [3.63, 3.8) is 0 Å². The number of hydrogen-bond donors (Lipinski definition) is 1. The van der Waals surface area contributed by atoms with Crippen molar-refractivity contribution in [2.24, 2.45) is 0 Å². The van der Waals surface area contributed by atoms with E-state index in [-0.39, 0.29) is 11.7 Å². The molecule has 1 amide bonds. The number of hydrogen-bond acceptors (Lipinski definition) is 5. The number of anilines is 1. The van der Waals surface area contributed by atoms with Crippen molar-refractivity contribution in [3.8, 4) is 5.75 Å². The predicted molar refractivity (Wildman–Crippen MR) is 127 cm³/mol. The molecule has 1 aromatic heterocycles. The lowest BCUT2D eigenvalue weighted by atomic mass is 10.3. The van der Waals surface area contributed by atoms with Crippen LogP contribution in [0.15, 0.2) is 60.3 Å². The van der Waals surface area contributed by atoms with Crippen molar-refractivity contribution < 1.29 is 9.53 Å². The molecule has 0 radical (unpaired) electrons. The summed E-state index contributed by atoms with van der Waals surface area (Å²) in [4.78, 5) is 12.3. The van der Waals surface area contributed by atoms with E-state index in [2.05, 4.69) is 22.1 Å². The summed E-state index contributed by atoms with van der Waals surface area (Å²) in [7, 11) is 0. The number of carbonyl (C=O) groups excluding carboxylic acids is 1. The van der Waals surface area contributed by atoms with E-state index in [9.17, 15) is 4.79 Å². The number of carbonyl (C=O) groups is 1. The smallest absolute Gasteiger partial charge is 0.234 e. The number of amides is 1. The van der Waals surface area contributed by atoms with Gasteiger partial charge in [0.2, 0.25) is 5.91 Å². The van der Waals surface area contributed by atoms with Gasteiger partial charge in [-0.1, -0.05) is 64.8 Å². The van der Waals surface area contributed by atoms with Crippen molar-refractivity contribution in [2.75, 3.05) is 11.1 Å². The molecule has 0 saturated carbocycles. The number of aromatic nitrogens is 3. The van der Waals surface area contributed by atoms with Crippen molar-refractivity contribution in [1.29, 1.82) is 0 Å². The van der Waals surface area contributed by atoms with Crippen LogP contribution in [0.2, 0.25) is 15.1 Å². The van der Waals surface area contributed by atoms with Gasteiger partial charge in [0.25, 0.3) is 0 Å². The minimum Gasteiger partial charge on any atom is -0.481 e. The standard InChI is InChI=1S/C21H19Cl3N4O2S/c1-3-10-28-20(13(2)30-18-7-5-4-6-16(18)23)26-27-21(28)31-12-19(29)25-14-8-9-15(22)17(24)11-14/h3-9,11,13H,1,10,12H2,2H3,(H,25,29). The van der Waals surface area contributed by atoms with Gasteiger partial charge < -0.3 is 10.1 Å². The van der Waals surface area contributed by atoms with Crippen LogP contribution in [0.25, 0.3) is 0 Å². The maximum absolute atomic E-state index is 12.3. The van der Waals surface area contributed by atoms with E-state index in [0.717, 1.165) is 0 Å². The zero-order chi connectivity index (χ0) is 22.4. The normalized spacial score (nSPS) is 11.7. The van der Waals surface area contributed by atoms with Gasteiger partial charge in [-0.25, -0.2) is 0 Å². The third kappa shape index (κ3) is 6.17. The molecule has 0 fully saturated rings. The lowest BCUT2D eigenvalue weighted by Crippen LogP contribution is -2.15. The number of nitrogens with one attached hydrogen (secondary N) is 1. The first kappa shape index (κ1) is 23.5. The molecule has 2 aromatic carbocycles. The fourth-order valence-electron chi connectivity index (χ4n) is 2.69. The fraction of sp³-hybridized carbons (Fsp3) is 0.190. The van der Waals surface area contributed by atoms with Crippen LogP contribution in [0.1, 0.15) is 18.9 Å². The molecule has 0 saturated heterocycles. The summed E-state index contributed by atoms with van der Waals surface area (Å²) >= 11 is 19.3. The van der Waals surface area contributed by atoms with Gasteiger partial charge in [0.15, 0.2) is 17.1 Å². The Kier molecular flexibility index (Phi) is 8.26. The average molecular weight is 498 g/mol. The van der Waals surface area contributed by atoms with E-state index in [1.807, 2.05) is 23.6 Å². The van der Waals surface area contributed by atoms with Crippen LogP contribution in [-0.2, 0) is 11.3 Å². The van der Waals surface area contributed by atoms with Gasteiger partial charge in [-0.3, -0.25) is 9.36 Å². The van der Waals surface area contributed by atoms with Crippen LogP contribution in [0.5, 0.6) is 5.75 Å². The van der Waals surface area contributed by atoms with E-state index < -0.39 is 6.10 Å². The molecule has 0 spiro atoms. The van der Waals surface area contributed by atoms with Crippen molar-refractivity contribution in [3.05, 3.63) is 76.0 Å². The second kappa shape index (κ2) is 10.9. The highest BCUT2D eigenvalue weighted by Crippen LogP contribution is 2.30. The SMILES string of the molecule is C=CCn1c(SCC(=O)Nc2ccc(Cl)c(Cl)c2)nnc1C(C)Oc1ccccc1Cl. The lowest BCUT2D eigenvalue weighted by molar-refractivity contribution is -0.113. The number of rotatable bonds is 9. The Balaban J connectivity index is 1.68. The van der Waals surface area contributed by atoms with Crippen LogP contribution in [0.4, 0.5) is 5.69 Å². The van der Waals surface area contributed by atoms with Gasteiger partial charge in [0.1, 0.15) is 5.75 Å². The first-order valence-corrected chi connectivity index (χ1v) is 11.3. The maximum Gasteiger partial charge on any atom is 0.234 e. The molecular formula is C21H19Cl3N4O2S. The van der Waals surface area contributed by atoms with Crippen LogP contribution < -0.4 is 10.1 Å². The highest BCUT2D eigenvalue weighted by atomic mass is 35.5. The summed E-state index contributed by atoms with van der Waals surface area (Å²) in [5.74, 6) is 1.08. The number of benzene rings is 2. The summed E-state index contributed by atoms with van der Waals surface area (Å²) in [5, 5.41) is 13.1. The minimum atomic E-state index is -0.410. The first-order valence-electron chi connectivity index (χ1n) is 9.22. The molecule has 1 N–H and O–H groups in total. The number of allylic oxidation sites excluding steroid dienone is 1. The van der Waals surface area contributed by atoms with Gasteiger partial charge in [0, 0.05) is 12.2 Å². The molecule has 31 heavy (non-hydrogen) atoms. The summed E-state index contributed by atoms with van der Waals surface area (Å²) < 4.78 is 7.81. The molecular weight excluding hydrogens is 479 g/mol. The number of thioether (sulfide) groups is 1. The average Bonchev–Trinajstić information content (AvgIpc) is 3.14. The largest absolute Gasteiger partial charge is 0.481 e. The molecule has 162 valence electrons. The van der Waals surface area contributed by atoms with Crippen molar-refractivity contribution >= 4 is 58.2 Å². The molecule has 0 bridgehead atoms. The van der Waals surface area contributed by atoms with E-state index in [4.69, 9.17) is 39.5 Å². The van der Waals surface area contributed by atoms with Gasteiger partial charge in [-0.15, -0.1) is 16.8 Å². The highest BCUT2D eigenvalue weighted by Gasteiger charge is 2.20. The summed E-state index contributed by atoms with van der Waals surface area (Å²) in [6, 6.07) is 12.1. The molecule has 10 heteroatoms. The van der Waals surface area contributed by atoms with Gasteiger partial charge in [-0.05, 0) is 37.3 Å². The molecule has 0 aliphatic carbocycles. The van der Waals surface area contributed by atoms with Crippen LogP contribution in [0, 0.1) is 0 Å². The number of nitrogens with zero attached hydrogens (tertiary/aromatic N) is 3. The van der Waals surface area contributed by atoms with Crippen LogP contribution >= 0.6 is 46.6 Å². The molecule has 1 unspecified atom stereocenters. The molecule has 1 heterocycles. The lowest BCUT2D eigenvalue weighted by Gasteiger charge is -2.16. The third-order valence-electron chi connectivity index (χ3n) is 4.10. The topological polar surface area (TPSA) is 69.0 Å². The van der Waals surface area contributed by atoms with Crippen molar-refractivity contribution in [1.82, 2.24) is 14.8 Å². The third-order valence-corrected chi connectivity index (χ3v) is 6.11. The van der Waals surface area contributed by atoms with Gasteiger partial charge in [-0.2, -0.15) is 0 Å². The zero-order valence-electron chi connectivity index (χ0n) is 16.5. The Hall–Kier alpha value is -2.19. The molecule has 3 rings (SSSR count). The summed E-state index contributed by atoms with van der Waals surface area (Å²) in [5.41, 5.74) is 0.565. The predicted octanol–water partition coefficient (Wildman–Crippen LogP) is 6.30. The quantitative estimate of drug-likeness (QED) is 0.278. The number of ether oxygens (including phenoxy) is 1. The molecule has 6 nitrogen and oxygen atoms in total. The van der Waals surface area contributed by atoms with Crippen LogP contribution in [-0.4, -0.2) is 26.4 Å². The Morgan fingerprint density at radius 3 is 2.68 bits per heavy atom. The van der Waals surface area contributed by atoms with E-state index >= 15 is 0 Å². The Morgan fingerprint density at radius 2 is 1.97 bits per heavy atom. The summed E-state index contributed by atoms with van der Waals surface area (Å²) in [6.45, 7) is 6.12. The Labute approximate surface area is 199 Å². The van der Waals surface area contributed by atoms with E-state index in [1.54, 1.807) is 36.4 Å². The van der Waals surface area contributed by atoms with Gasteiger partial charge in [0.05, 0.1) is 20.8 Å². The van der Waals surface area contributed by atoms with Gasteiger partial charge >= 0.3 is 0 Å². The molecule has 3 aromatic rings. The number of halogens is 3. The zero-order valence-corrected chi connectivity index (χ0v) is 19.6. The fourth-order valence-corrected chi connectivity index (χ4v) is 3.93. The second-order valence-electron chi connectivity index (χ2n) is 6.40. The molecule has 0 aliphatic rings. The maximum atomic E-state index is 12.3. The summed E-state index contributed by atoms with van der Waals surface area (Å²) in [6.07, 6.45) is 1.32. The Morgan fingerprint density at radius 1 is 1.19 bits per heavy atom. The number of para-hydroxylation sites is 1. The Bertz CT molecular complexity index is 1090. The molecule has 0 aliphatic heterocycles. The van der Waals surface area contributed by atoms with Crippen molar-refractivity contribution in [2.45, 2.75) is 24.7 Å².